The van der Waals surface area contributed by atoms with Crippen LogP contribution in [-0.2, 0) is 19.6 Å². The van der Waals surface area contributed by atoms with Crippen LogP contribution in [0.15, 0.2) is 59.5 Å². The molecule has 5 rings (SSSR count). The van der Waals surface area contributed by atoms with Gasteiger partial charge in [0, 0.05) is 24.9 Å². The Labute approximate surface area is 265 Å². The zero-order valence-corrected chi connectivity index (χ0v) is 26.0. The minimum Gasteiger partial charge on any atom is -0.395 e. The predicted molar refractivity (Wildman–Crippen MR) is 167 cm³/mol. The number of likely N-dealkylation sites (tertiary alicyclic amines) is 1. The number of allylic oxidation sites excluding steroid dienone is 1. The third kappa shape index (κ3) is 7.94. The second-order valence-corrected chi connectivity index (χ2v) is 13.3. The summed E-state index contributed by atoms with van der Waals surface area (Å²) >= 11 is 0. The third-order valence-electron chi connectivity index (χ3n) is 7.95. The maximum Gasteiger partial charge on any atom is 0.270 e. The van der Waals surface area contributed by atoms with E-state index in [1.54, 1.807) is 19.1 Å². The first kappa shape index (κ1) is 33.1. The maximum absolute atomic E-state index is 13.5. The number of aromatic nitrogens is 1. The number of carbonyl (C=O) groups excluding carboxylic acids is 3. The molecule has 0 bridgehead atoms. The second kappa shape index (κ2) is 14.0. The van der Waals surface area contributed by atoms with Crippen LogP contribution >= 0.6 is 0 Å². The number of halogens is 1. The molecule has 0 spiro atoms. The van der Waals surface area contributed by atoms with Crippen LogP contribution in [0.4, 0.5) is 4.39 Å². The molecule has 2 heterocycles. The fourth-order valence-electron chi connectivity index (χ4n) is 5.33. The summed E-state index contributed by atoms with van der Waals surface area (Å²) in [4.78, 5) is 44.8. The summed E-state index contributed by atoms with van der Waals surface area (Å²) in [5.41, 5.74) is 1.69. The van der Waals surface area contributed by atoms with Gasteiger partial charge >= 0.3 is 0 Å². The number of aliphatic hydroxyl groups excluding tert-OH is 2. The van der Waals surface area contributed by atoms with Gasteiger partial charge in [-0.1, -0.05) is 24.3 Å². The zero-order valence-electron chi connectivity index (χ0n) is 25.1. The van der Waals surface area contributed by atoms with Gasteiger partial charge in [0.2, 0.25) is 21.8 Å². The first-order valence-electron chi connectivity index (χ1n) is 15.0. The number of fused-ring (bicyclic) bond motifs is 1. The quantitative estimate of drug-likeness (QED) is 0.196. The van der Waals surface area contributed by atoms with Gasteiger partial charge in [-0.05, 0) is 73.2 Å². The van der Waals surface area contributed by atoms with E-state index in [9.17, 15) is 32.3 Å². The molecule has 1 aliphatic carbocycles. The van der Waals surface area contributed by atoms with E-state index < -0.39 is 58.3 Å². The van der Waals surface area contributed by atoms with Crippen LogP contribution in [0.1, 0.15) is 53.8 Å². The van der Waals surface area contributed by atoms with E-state index in [0.717, 1.165) is 18.4 Å². The van der Waals surface area contributed by atoms with Crippen molar-refractivity contribution in [1.29, 1.82) is 0 Å². The lowest BCUT2D eigenvalue weighted by Gasteiger charge is -2.26. The smallest absolute Gasteiger partial charge is 0.270 e. The molecule has 1 saturated carbocycles. The molecule has 46 heavy (non-hydrogen) atoms. The fourth-order valence-corrected chi connectivity index (χ4v) is 6.39. The number of carbonyl (C=O) groups is 3. The Bertz CT molecular complexity index is 1780. The van der Waals surface area contributed by atoms with Crippen LogP contribution in [0.5, 0.6) is 0 Å². The SMILES string of the molecule is C[C@@H](NC(=O)[C@@H]1C[C@@H](O)CN1C(=O)CNC(=O)c1ccc2cc(F)ccc2n1)c1cc(S(=O)(=O)NCCO)ccc1/C=C/C1CC1. The Morgan fingerprint density at radius 1 is 1.13 bits per heavy atom. The normalized spacial score (nSPS) is 19.0. The highest BCUT2D eigenvalue weighted by molar-refractivity contribution is 7.89. The van der Waals surface area contributed by atoms with Crippen molar-refractivity contribution >= 4 is 44.7 Å². The predicted octanol–water partition coefficient (Wildman–Crippen LogP) is 1.64. The lowest BCUT2D eigenvalue weighted by atomic mass is 10.00. The summed E-state index contributed by atoms with van der Waals surface area (Å²) in [7, 11) is -3.92. The number of nitrogens with one attached hydrogen (secondary N) is 3. The van der Waals surface area contributed by atoms with E-state index in [2.05, 4.69) is 20.3 Å². The molecule has 3 amide bonds. The standard InChI is InChI=1S/C32H36FN5O7S/c1-19(26-16-25(46(44,45)35-12-13-39)9-6-21(26)5-4-20-2-3-20)36-32(43)29-15-24(40)18-38(29)30(41)17-34-31(42)28-10-7-22-14-23(33)8-11-27(22)37-28/h4-11,14,16,19-20,24,29,35,39-40H,2-3,12-13,15,17-18H2,1H3,(H,34,42)(H,36,43)/b5-4+/t19-,24-,29+/m1/s1. The molecule has 2 fully saturated rings. The number of rotatable bonds is 12. The highest BCUT2D eigenvalue weighted by atomic mass is 32.2. The average Bonchev–Trinajstić information content (AvgIpc) is 3.79. The number of sulfonamides is 1. The van der Waals surface area contributed by atoms with Gasteiger partial charge in [-0.3, -0.25) is 14.4 Å². The van der Waals surface area contributed by atoms with Gasteiger partial charge in [-0.25, -0.2) is 22.5 Å². The van der Waals surface area contributed by atoms with Gasteiger partial charge in [-0.15, -0.1) is 0 Å². The Kier molecular flexibility index (Phi) is 10.1. The highest BCUT2D eigenvalue weighted by Crippen LogP contribution is 2.32. The molecule has 3 atom stereocenters. The molecule has 2 aromatic carbocycles. The molecule has 14 heteroatoms. The monoisotopic (exact) mass is 653 g/mol. The lowest BCUT2D eigenvalue weighted by molar-refractivity contribution is -0.138. The summed E-state index contributed by atoms with van der Waals surface area (Å²) in [6.45, 7) is 0.616. The summed E-state index contributed by atoms with van der Waals surface area (Å²) in [6.07, 6.45) is 5.11. The molecule has 2 aliphatic rings. The van der Waals surface area contributed by atoms with Gasteiger partial charge in [0.05, 0.1) is 35.7 Å². The van der Waals surface area contributed by atoms with Crippen molar-refractivity contribution in [2.24, 2.45) is 5.92 Å². The van der Waals surface area contributed by atoms with Crippen LogP contribution in [0.25, 0.3) is 17.0 Å². The molecular formula is C32H36FN5O7S. The molecule has 1 aromatic heterocycles. The van der Waals surface area contributed by atoms with Crippen molar-refractivity contribution in [1.82, 2.24) is 25.2 Å². The lowest BCUT2D eigenvalue weighted by Crippen LogP contribution is -2.49. The summed E-state index contributed by atoms with van der Waals surface area (Å²) in [6, 6.07) is 9.80. The Morgan fingerprint density at radius 2 is 1.91 bits per heavy atom. The van der Waals surface area contributed by atoms with Gasteiger partial charge in [0.1, 0.15) is 17.6 Å². The molecule has 5 N–H and O–H groups in total. The summed E-state index contributed by atoms with van der Waals surface area (Å²) in [5, 5.41) is 25.3. The molecule has 0 radical (unpaired) electrons. The number of benzene rings is 2. The number of hydrogen-bond acceptors (Lipinski definition) is 8. The number of pyridine rings is 1. The van der Waals surface area contributed by atoms with Crippen LogP contribution in [0.2, 0.25) is 0 Å². The third-order valence-corrected chi connectivity index (χ3v) is 9.41. The molecule has 0 unspecified atom stereocenters. The summed E-state index contributed by atoms with van der Waals surface area (Å²) in [5.74, 6) is -1.75. The average molecular weight is 654 g/mol. The van der Waals surface area contributed by atoms with Crippen molar-refractivity contribution < 1.29 is 37.4 Å². The Hall–Kier alpha value is -4.24. The van der Waals surface area contributed by atoms with Crippen molar-refractivity contribution in [3.8, 4) is 0 Å². The van der Waals surface area contributed by atoms with Crippen molar-refractivity contribution in [3.05, 3.63) is 77.2 Å². The topological polar surface area (TPSA) is 178 Å². The van der Waals surface area contributed by atoms with Gasteiger partial charge in [0.15, 0.2) is 0 Å². The second-order valence-electron chi connectivity index (χ2n) is 11.5. The largest absolute Gasteiger partial charge is 0.395 e. The molecule has 12 nitrogen and oxygen atoms in total. The molecular weight excluding hydrogens is 617 g/mol. The molecule has 3 aromatic rings. The van der Waals surface area contributed by atoms with Crippen LogP contribution in [-0.4, -0.2) is 84.6 Å². The molecule has 1 saturated heterocycles. The van der Waals surface area contributed by atoms with E-state index >= 15 is 0 Å². The van der Waals surface area contributed by atoms with Crippen molar-refractivity contribution in [2.75, 3.05) is 26.2 Å². The van der Waals surface area contributed by atoms with Crippen molar-refractivity contribution in [2.45, 2.75) is 49.3 Å². The minimum absolute atomic E-state index is 0.0189. The van der Waals surface area contributed by atoms with Crippen LogP contribution < -0.4 is 15.4 Å². The van der Waals surface area contributed by atoms with Crippen LogP contribution in [0, 0.1) is 11.7 Å². The van der Waals surface area contributed by atoms with E-state index in [-0.39, 0.29) is 36.7 Å². The number of amides is 3. The Balaban J connectivity index is 1.27. The fraction of sp³-hybridized carbons (Fsp3) is 0.375. The zero-order chi connectivity index (χ0) is 33.0. The first-order chi connectivity index (χ1) is 21.9. The van der Waals surface area contributed by atoms with E-state index in [4.69, 9.17) is 5.11 Å². The molecule has 244 valence electrons. The number of aliphatic hydroxyl groups is 2. The number of hydrogen-bond donors (Lipinski definition) is 5. The highest BCUT2D eigenvalue weighted by Gasteiger charge is 2.39. The number of β-amino-alcohol motifs (C(OH)–C–C–N with tert-alkyl or cyclic N) is 1. The molecule has 1 aliphatic heterocycles. The first-order valence-corrected chi connectivity index (χ1v) is 16.5. The van der Waals surface area contributed by atoms with E-state index in [0.29, 0.717) is 22.4 Å². The van der Waals surface area contributed by atoms with Crippen molar-refractivity contribution in [3.63, 3.8) is 0 Å². The van der Waals surface area contributed by atoms with Gasteiger partial charge in [0.25, 0.3) is 5.91 Å². The van der Waals surface area contributed by atoms with E-state index in [1.165, 1.54) is 41.3 Å². The van der Waals surface area contributed by atoms with Gasteiger partial charge < -0.3 is 25.7 Å². The maximum atomic E-state index is 13.5. The van der Waals surface area contributed by atoms with E-state index in [1.807, 2.05) is 12.2 Å². The Morgan fingerprint density at radius 3 is 2.65 bits per heavy atom. The van der Waals surface area contributed by atoms with Gasteiger partial charge in [-0.2, -0.15) is 0 Å². The number of nitrogens with zero attached hydrogens (tertiary/aromatic N) is 2. The van der Waals surface area contributed by atoms with Crippen LogP contribution in [0.3, 0.4) is 0 Å². The summed E-state index contributed by atoms with van der Waals surface area (Å²) < 4.78 is 41.3. The minimum atomic E-state index is -3.92.